The smallest absolute Gasteiger partial charge is 0.270 e. The number of hydrogen-bond donors (Lipinski definition) is 3. The molecule has 2 rings (SSSR count). The Balaban J connectivity index is 0.00000684. The van der Waals surface area contributed by atoms with Gasteiger partial charge >= 0.3 is 0 Å². The number of benzene rings is 2. The number of carbonyl (C=O) groups excluding carboxylic acids is 1. The summed E-state index contributed by atoms with van der Waals surface area (Å²) in [5, 5.41) is 10.1. The first-order chi connectivity index (χ1) is 17.1. The lowest BCUT2D eigenvalue weighted by atomic mass is 9.96. The topological polar surface area (TPSA) is 122 Å². The highest BCUT2D eigenvalue weighted by Crippen LogP contribution is 2.38. The summed E-state index contributed by atoms with van der Waals surface area (Å²) in [6.45, 7) is 7.64. The average Bonchev–Trinajstić information content (AvgIpc) is 2.86. The lowest BCUT2D eigenvalue weighted by Gasteiger charge is -2.40. The van der Waals surface area contributed by atoms with Crippen molar-refractivity contribution in [1.82, 2.24) is 4.31 Å². The fourth-order valence-corrected chi connectivity index (χ4v) is 6.15. The second kappa shape index (κ2) is 14.6. The van der Waals surface area contributed by atoms with Gasteiger partial charge in [0.05, 0.1) is 12.8 Å². The van der Waals surface area contributed by atoms with Crippen molar-refractivity contribution in [3.05, 3.63) is 53.6 Å². The molecule has 2 aromatic rings. The van der Waals surface area contributed by atoms with Crippen molar-refractivity contribution in [2.75, 3.05) is 12.6 Å². The van der Waals surface area contributed by atoms with Crippen LogP contribution in [-0.4, -0.2) is 36.6 Å². The maximum absolute atomic E-state index is 14.3. The molecule has 37 heavy (non-hydrogen) atoms. The van der Waals surface area contributed by atoms with Crippen molar-refractivity contribution in [3.63, 3.8) is 0 Å². The van der Waals surface area contributed by atoms with Gasteiger partial charge in [-0.05, 0) is 42.9 Å². The van der Waals surface area contributed by atoms with Gasteiger partial charge in [-0.25, -0.2) is 12.7 Å². The summed E-state index contributed by atoms with van der Waals surface area (Å²) in [6, 6.07) is 12.2. The molecule has 0 radical (unpaired) electrons. The summed E-state index contributed by atoms with van der Waals surface area (Å²) in [6.07, 6.45) is 3.21. The number of hydrogen-bond acceptors (Lipinski definition) is 7. The average molecular weight is 556 g/mol. The van der Waals surface area contributed by atoms with Gasteiger partial charge in [-0.15, -0.1) is 12.4 Å². The Morgan fingerprint density at radius 3 is 2.32 bits per heavy atom. The van der Waals surface area contributed by atoms with Gasteiger partial charge in [0.25, 0.3) is 10.0 Å². The van der Waals surface area contributed by atoms with Crippen LogP contribution in [0.3, 0.4) is 0 Å². The van der Waals surface area contributed by atoms with Gasteiger partial charge in [-0.3, -0.25) is 15.5 Å². The normalized spacial score (nSPS) is 13.7. The molecule has 0 spiro atoms. The molecule has 0 fully saturated rings. The molecule has 0 saturated carbocycles. The Morgan fingerprint density at radius 2 is 1.81 bits per heavy atom. The first-order valence-electron chi connectivity index (χ1n) is 12.6. The molecule has 0 saturated heterocycles. The van der Waals surface area contributed by atoms with Crippen molar-refractivity contribution in [1.29, 1.82) is 0 Å². The summed E-state index contributed by atoms with van der Waals surface area (Å²) in [5.74, 6) is -0.144. The van der Waals surface area contributed by atoms with Gasteiger partial charge in [0.15, 0.2) is 0 Å². The third kappa shape index (κ3) is 7.60. The van der Waals surface area contributed by atoms with Gasteiger partial charge in [0.1, 0.15) is 16.3 Å². The van der Waals surface area contributed by atoms with Crippen LogP contribution in [-0.2, 0) is 27.7 Å². The Bertz CT molecular complexity index is 1110. The monoisotopic (exact) mass is 555 g/mol. The SMILES string of the molecule is CCCCc1c(OC)ccc(S(=O)(=O)N(C(=O)C[C@@H](C)CC)[C@@](N)(CC)Cc2ccccc2)c1NO.Cl. The molecule has 4 N–H and O–H groups in total. The number of ether oxygens (including phenoxy) is 1. The fraction of sp³-hybridized carbons (Fsp3) is 0.519. The minimum atomic E-state index is -4.48. The zero-order valence-electron chi connectivity index (χ0n) is 22.5. The summed E-state index contributed by atoms with van der Waals surface area (Å²) in [7, 11) is -2.99. The number of sulfonamides is 1. The van der Waals surface area contributed by atoms with E-state index >= 15 is 0 Å². The van der Waals surface area contributed by atoms with Crippen LogP contribution in [0.2, 0.25) is 0 Å². The lowest BCUT2D eigenvalue weighted by molar-refractivity contribution is -0.131. The lowest BCUT2D eigenvalue weighted by Crippen LogP contribution is -2.61. The molecule has 2 atom stereocenters. The Labute approximate surface area is 228 Å². The van der Waals surface area contributed by atoms with Crippen molar-refractivity contribution in [3.8, 4) is 5.75 Å². The largest absolute Gasteiger partial charge is 0.496 e. The van der Waals surface area contributed by atoms with E-state index in [1.165, 1.54) is 13.2 Å². The van der Waals surface area contributed by atoms with E-state index in [1.807, 2.05) is 51.1 Å². The predicted molar refractivity (Wildman–Crippen MR) is 150 cm³/mol. The molecule has 10 heteroatoms. The highest BCUT2D eigenvalue weighted by molar-refractivity contribution is 7.89. The molecular weight excluding hydrogens is 514 g/mol. The van der Waals surface area contributed by atoms with E-state index < -0.39 is 21.6 Å². The standard InChI is InChI=1S/C27H41N3O5S.ClH/c1-6-9-15-22-23(35-5)16-17-24(26(22)29-32)36(33,34)30(25(31)18-20(4)7-2)27(28,8-3)19-21-13-11-10-12-14-21;/h10-14,16-17,20,29,32H,6-9,15,18-19,28H2,1-5H3;1H/t20-,27-;/m0./s1. The number of carbonyl (C=O) groups is 1. The molecule has 0 heterocycles. The molecule has 0 aliphatic heterocycles. The van der Waals surface area contributed by atoms with Crippen molar-refractivity contribution in [2.45, 2.75) is 83.2 Å². The molecule has 0 aliphatic rings. The number of anilines is 1. The molecular formula is C27H42ClN3O5S. The number of nitrogens with one attached hydrogen (secondary N) is 1. The van der Waals surface area contributed by atoms with Crippen LogP contribution in [0, 0.1) is 5.92 Å². The number of nitrogens with two attached hydrogens (primary N) is 1. The molecule has 0 aromatic heterocycles. The van der Waals surface area contributed by atoms with Crippen LogP contribution in [0.25, 0.3) is 0 Å². The molecule has 0 unspecified atom stereocenters. The first kappa shape index (κ1) is 32.7. The molecule has 2 aromatic carbocycles. The number of nitrogens with zero attached hydrogens (tertiary/aromatic N) is 1. The maximum Gasteiger partial charge on any atom is 0.270 e. The number of rotatable bonds is 14. The van der Waals surface area contributed by atoms with Crippen LogP contribution in [0.1, 0.15) is 70.9 Å². The quantitative estimate of drug-likeness (QED) is 0.207. The van der Waals surface area contributed by atoms with Crippen molar-refractivity contribution >= 4 is 34.0 Å². The van der Waals surface area contributed by atoms with E-state index in [0.29, 0.717) is 17.7 Å². The van der Waals surface area contributed by atoms with Crippen molar-refractivity contribution < 1.29 is 23.2 Å². The van der Waals surface area contributed by atoms with Gasteiger partial charge < -0.3 is 10.5 Å². The maximum atomic E-state index is 14.3. The van der Waals surface area contributed by atoms with Gasteiger partial charge in [-0.2, -0.15) is 0 Å². The van der Waals surface area contributed by atoms with Gasteiger partial charge in [0.2, 0.25) is 5.91 Å². The van der Waals surface area contributed by atoms with E-state index in [4.69, 9.17) is 10.5 Å². The van der Waals surface area contributed by atoms with Gasteiger partial charge in [-0.1, -0.05) is 70.9 Å². The molecule has 208 valence electrons. The minimum Gasteiger partial charge on any atom is -0.496 e. The molecule has 1 amide bonds. The predicted octanol–water partition coefficient (Wildman–Crippen LogP) is 5.52. The number of methoxy groups -OCH3 is 1. The highest BCUT2D eigenvalue weighted by atomic mass is 35.5. The zero-order valence-corrected chi connectivity index (χ0v) is 24.1. The number of halogens is 1. The minimum absolute atomic E-state index is 0. The Kier molecular flexibility index (Phi) is 12.9. The van der Waals surface area contributed by atoms with E-state index in [1.54, 1.807) is 13.0 Å². The van der Waals surface area contributed by atoms with Crippen LogP contribution < -0.4 is 16.0 Å². The molecule has 8 nitrogen and oxygen atoms in total. The van der Waals surface area contributed by atoms with Crippen LogP contribution in [0.4, 0.5) is 5.69 Å². The highest BCUT2D eigenvalue weighted by Gasteiger charge is 2.45. The van der Waals surface area contributed by atoms with E-state index in [9.17, 15) is 18.4 Å². The Hall–Kier alpha value is -2.33. The second-order valence-corrected chi connectivity index (χ2v) is 11.1. The van der Waals surface area contributed by atoms with Crippen LogP contribution >= 0.6 is 12.4 Å². The summed E-state index contributed by atoms with van der Waals surface area (Å²) in [5.41, 5.74) is 8.71. The number of unbranched alkanes of at least 4 members (excludes halogenated alkanes) is 1. The molecule has 0 aliphatic carbocycles. The Morgan fingerprint density at radius 1 is 1.16 bits per heavy atom. The van der Waals surface area contributed by atoms with E-state index in [2.05, 4.69) is 5.48 Å². The van der Waals surface area contributed by atoms with Crippen LogP contribution in [0.15, 0.2) is 47.4 Å². The van der Waals surface area contributed by atoms with Gasteiger partial charge in [0, 0.05) is 18.4 Å². The van der Waals surface area contributed by atoms with E-state index in [0.717, 1.165) is 29.1 Å². The fourth-order valence-electron chi connectivity index (χ4n) is 4.27. The summed E-state index contributed by atoms with van der Waals surface area (Å²) < 4.78 is 34.9. The first-order valence-corrected chi connectivity index (χ1v) is 14.0. The molecule has 0 bridgehead atoms. The zero-order chi connectivity index (χ0) is 26.9. The van der Waals surface area contributed by atoms with Crippen LogP contribution in [0.5, 0.6) is 5.75 Å². The second-order valence-electron chi connectivity index (χ2n) is 9.34. The van der Waals surface area contributed by atoms with Crippen molar-refractivity contribution in [2.24, 2.45) is 11.7 Å². The third-order valence-electron chi connectivity index (χ3n) is 6.68. The number of amides is 1. The summed E-state index contributed by atoms with van der Waals surface area (Å²) >= 11 is 0. The summed E-state index contributed by atoms with van der Waals surface area (Å²) in [4.78, 5) is 13.5. The van der Waals surface area contributed by atoms with E-state index in [-0.39, 0.29) is 48.2 Å². The third-order valence-corrected chi connectivity index (χ3v) is 8.62.